The highest BCUT2D eigenvalue weighted by Gasteiger charge is 2.38. The first-order valence-corrected chi connectivity index (χ1v) is 7.02. The number of fused-ring (bicyclic) bond motifs is 4. The van der Waals surface area contributed by atoms with Crippen LogP contribution in [0, 0.1) is 0 Å². The Morgan fingerprint density at radius 1 is 1.47 bits per heavy atom. The molecule has 1 aromatic rings. The van der Waals surface area contributed by atoms with Crippen LogP contribution in [0.15, 0.2) is 6.07 Å². The first-order chi connectivity index (χ1) is 9.28. The van der Waals surface area contributed by atoms with Gasteiger partial charge in [0, 0.05) is 30.7 Å². The van der Waals surface area contributed by atoms with Gasteiger partial charge in [-0.05, 0) is 25.0 Å². The molecule has 0 amide bonds. The molecular weight excluding hydrogens is 242 g/mol. The molecule has 1 fully saturated rings. The van der Waals surface area contributed by atoms with Gasteiger partial charge in [-0.15, -0.1) is 0 Å². The number of anilines is 1. The van der Waals surface area contributed by atoms with Gasteiger partial charge >= 0.3 is 0 Å². The van der Waals surface area contributed by atoms with Crippen molar-refractivity contribution in [2.45, 2.75) is 38.1 Å². The number of hydrogen-bond acceptors (Lipinski definition) is 5. The van der Waals surface area contributed by atoms with Gasteiger partial charge in [0.15, 0.2) is 0 Å². The van der Waals surface area contributed by atoms with E-state index in [1.54, 1.807) is 0 Å². The average molecular weight is 261 g/mol. The predicted molar refractivity (Wildman–Crippen MR) is 71.2 cm³/mol. The van der Waals surface area contributed by atoms with Crippen molar-refractivity contribution >= 4 is 5.82 Å². The number of aliphatic hydroxyl groups excluding tert-OH is 1. The summed E-state index contributed by atoms with van der Waals surface area (Å²) in [5, 5.41) is 12.8. The van der Waals surface area contributed by atoms with Crippen LogP contribution in [-0.2, 0) is 17.8 Å². The van der Waals surface area contributed by atoms with E-state index in [0.29, 0.717) is 18.7 Å². The summed E-state index contributed by atoms with van der Waals surface area (Å²) >= 11 is 0. The number of nitrogens with zero attached hydrogens (tertiary/aromatic N) is 2. The lowest BCUT2D eigenvalue weighted by molar-refractivity contribution is 0.0217. The highest BCUT2D eigenvalue weighted by Crippen LogP contribution is 2.38. The fourth-order valence-electron chi connectivity index (χ4n) is 3.60. The summed E-state index contributed by atoms with van der Waals surface area (Å²) in [6, 6.07) is 3.24. The Bertz CT molecular complexity index is 520. The van der Waals surface area contributed by atoms with E-state index < -0.39 is 0 Å². The molecule has 1 aromatic heterocycles. The smallest absolute Gasteiger partial charge is 0.132 e. The lowest BCUT2D eigenvalue weighted by Crippen LogP contribution is -2.55. The fraction of sp³-hybridized carbons (Fsp3) is 0.643. The Kier molecular flexibility index (Phi) is 2.55. The fourth-order valence-corrected chi connectivity index (χ4v) is 3.60. The second-order valence-electron chi connectivity index (χ2n) is 5.77. The van der Waals surface area contributed by atoms with Crippen LogP contribution in [0.1, 0.15) is 29.8 Å². The summed E-state index contributed by atoms with van der Waals surface area (Å²) in [6.07, 6.45) is 0.828. The summed E-state index contributed by atoms with van der Waals surface area (Å²) < 4.78 is 5.57. The van der Waals surface area contributed by atoms with E-state index in [1.807, 2.05) is 0 Å². The zero-order valence-corrected chi connectivity index (χ0v) is 11.1. The molecule has 0 spiro atoms. The third kappa shape index (κ3) is 1.62. The van der Waals surface area contributed by atoms with Gasteiger partial charge < -0.3 is 20.1 Å². The van der Waals surface area contributed by atoms with Gasteiger partial charge in [0.25, 0.3) is 0 Å². The zero-order chi connectivity index (χ0) is 13.0. The predicted octanol–water partition coefficient (Wildman–Crippen LogP) is 0.368. The van der Waals surface area contributed by atoms with Gasteiger partial charge in [-0.25, -0.2) is 4.98 Å². The van der Waals surface area contributed by atoms with Crippen molar-refractivity contribution in [3.8, 4) is 0 Å². The van der Waals surface area contributed by atoms with Crippen molar-refractivity contribution < 1.29 is 9.84 Å². The molecule has 3 atom stereocenters. The molecule has 19 heavy (non-hydrogen) atoms. The van der Waals surface area contributed by atoms with E-state index in [0.717, 1.165) is 36.6 Å². The first kappa shape index (κ1) is 11.6. The van der Waals surface area contributed by atoms with Crippen LogP contribution in [-0.4, -0.2) is 41.9 Å². The second kappa shape index (κ2) is 4.16. The maximum Gasteiger partial charge on any atom is 0.132 e. The normalized spacial score (nSPS) is 32.1. The molecule has 4 rings (SSSR count). The Morgan fingerprint density at radius 3 is 3.21 bits per heavy atom. The third-order valence-corrected chi connectivity index (χ3v) is 4.49. The molecule has 0 saturated carbocycles. The van der Waals surface area contributed by atoms with Crippen molar-refractivity contribution in [1.29, 1.82) is 0 Å². The number of ether oxygens (including phenoxy) is 1. The highest BCUT2D eigenvalue weighted by atomic mass is 16.5. The van der Waals surface area contributed by atoms with Gasteiger partial charge in [-0.2, -0.15) is 0 Å². The molecule has 3 aliphatic rings. The molecule has 0 radical (unpaired) electrons. The molecule has 1 saturated heterocycles. The molecule has 5 nitrogen and oxygen atoms in total. The van der Waals surface area contributed by atoms with E-state index in [1.165, 1.54) is 5.56 Å². The monoisotopic (exact) mass is 261 g/mol. The van der Waals surface area contributed by atoms with Crippen LogP contribution >= 0.6 is 0 Å². The number of pyridine rings is 1. The summed E-state index contributed by atoms with van der Waals surface area (Å²) in [4.78, 5) is 7.28. The van der Waals surface area contributed by atoms with Gasteiger partial charge in [-0.3, -0.25) is 0 Å². The number of piperazine rings is 1. The molecule has 0 aliphatic carbocycles. The van der Waals surface area contributed by atoms with Crippen LogP contribution in [0.25, 0.3) is 0 Å². The largest absolute Gasteiger partial charge is 0.393 e. The Morgan fingerprint density at radius 2 is 2.37 bits per heavy atom. The van der Waals surface area contributed by atoms with Crippen molar-refractivity contribution in [2.24, 2.45) is 0 Å². The maximum atomic E-state index is 9.36. The number of aliphatic hydroxyl groups is 1. The van der Waals surface area contributed by atoms with Crippen molar-refractivity contribution in [1.82, 2.24) is 10.3 Å². The van der Waals surface area contributed by atoms with Crippen molar-refractivity contribution in [3.63, 3.8) is 0 Å². The second-order valence-corrected chi connectivity index (χ2v) is 5.77. The van der Waals surface area contributed by atoms with Crippen LogP contribution in [0.4, 0.5) is 5.82 Å². The maximum absolute atomic E-state index is 9.36. The van der Waals surface area contributed by atoms with E-state index in [4.69, 9.17) is 9.72 Å². The summed E-state index contributed by atoms with van der Waals surface area (Å²) in [5.74, 6) is 1.11. The standard InChI is InChI=1S/C14H19N3O2/c1-8-4-15-5-11-3-9-2-10-7-19-12(6-18)13(10)16-14(9)17(8)11/h2,8,11-12,15,18H,3-7H2,1H3/t8?,11-,12+/m1/s1. The van der Waals surface area contributed by atoms with Crippen LogP contribution < -0.4 is 10.2 Å². The molecular formula is C14H19N3O2. The van der Waals surface area contributed by atoms with Gasteiger partial charge in [0.2, 0.25) is 0 Å². The minimum atomic E-state index is -0.238. The van der Waals surface area contributed by atoms with Crippen LogP contribution in [0.5, 0.6) is 0 Å². The summed E-state index contributed by atoms with van der Waals surface area (Å²) in [7, 11) is 0. The van der Waals surface area contributed by atoms with Crippen LogP contribution in [0.2, 0.25) is 0 Å². The number of aromatic nitrogens is 1. The molecule has 2 N–H and O–H groups in total. The Labute approximate surface area is 112 Å². The number of nitrogens with one attached hydrogen (secondary N) is 1. The SMILES string of the molecule is CC1CNC[C@H]2Cc3cc4c(nc3N12)[C@H](CO)OC4. The Balaban J connectivity index is 1.78. The summed E-state index contributed by atoms with van der Waals surface area (Å²) in [5.41, 5.74) is 3.42. The topological polar surface area (TPSA) is 57.6 Å². The van der Waals surface area contributed by atoms with Gasteiger partial charge in [0.1, 0.15) is 11.9 Å². The molecule has 3 aliphatic heterocycles. The van der Waals surface area contributed by atoms with E-state index in [-0.39, 0.29) is 12.7 Å². The third-order valence-electron chi connectivity index (χ3n) is 4.49. The van der Waals surface area contributed by atoms with E-state index >= 15 is 0 Å². The van der Waals surface area contributed by atoms with Gasteiger partial charge in [0.05, 0.1) is 18.9 Å². The summed E-state index contributed by atoms with van der Waals surface area (Å²) in [6.45, 7) is 4.88. The zero-order valence-electron chi connectivity index (χ0n) is 11.1. The number of rotatable bonds is 1. The molecule has 4 heterocycles. The van der Waals surface area contributed by atoms with Crippen molar-refractivity contribution in [3.05, 3.63) is 22.9 Å². The quantitative estimate of drug-likeness (QED) is 0.765. The van der Waals surface area contributed by atoms with E-state index in [9.17, 15) is 5.11 Å². The molecule has 5 heteroatoms. The number of hydrogen-bond donors (Lipinski definition) is 2. The van der Waals surface area contributed by atoms with Gasteiger partial charge in [-0.1, -0.05) is 0 Å². The molecule has 0 aromatic carbocycles. The Hall–Kier alpha value is -1.17. The lowest BCUT2D eigenvalue weighted by atomic mass is 10.1. The molecule has 1 unspecified atom stereocenters. The molecule has 0 bridgehead atoms. The van der Waals surface area contributed by atoms with E-state index in [2.05, 4.69) is 23.2 Å². The first-order valence-electron chi connectivity index (χ1n) is 7.02. The van der Waals surface area contributed by atoms with Crippen molar-refractivity contribution in [2.75, 3.05) is 24.6 Å². The molecule has 102 valence electrons. The highest BCUT2D eigenvalue weighted by molar-refractivity contribution is 5.58. The minimum Gasteiger partial charge on any atom is -0.393 e. The average Bonchev–Trinajstić information content (AvgIpc) is 2.96. The van der Waals surface area contributed by atoms with Crippen LogP contribution in [0.3, 0.4) is 0 Å². The lowest BCUT2D eigenvalue weighted by Gasteiger charge is -2.37. The minimum absolute atomic E-state index is 0.0132.